The number of hydrogen-bond acceptors (Lipinski definition) is 5. The largest absolute Gasteiger partial charge is 0.460 e. The van der Waals surface area contributed by atoms with Gasteiger partial charge in [-0.15, -0.1) is 0 Å². The Labute approximate surface area is 212 Å². The fourth-order valence-corrected chi connectivity index (χ4v) is 8.75. The van der Waals surface area contributed by atoms with Gasteiger partial charge >= 0.3 is 5.97 Å². The minimum absolute atomic E-state index is 0.186. The number of aliphatic hydroxyl groups is 3. The minimum Gasteiger partial charge on any atom is -0.460 e. The van der Waals surface area contributed by atoms with Crippen LogP contribution in [0.4, 0.5) is 0 Å². The van der Waals surface area contributed by atoms with Gasteiger partial charge < -0.3 is 20.1 Å². The highest BCUT2D eigenvalue weighted by Crippen LogP contribution is 2.66. The normalized spacial score (nSPS) is 40.3. The van der Waals surface area contributed by atoms with Crippen LogP contribution in [0, 0.1) is 40.4 Å². The molecule has 200 valence electrons. The number of fused-ring (bicyclic) bond motifs is 5. The van der Waals surface area contributed by atoms with Crippen molar-refractivity contribution in [2.24, 2.45) is 40.4 Å². The highest BCUT2D eigenvalue weighted by atomic mass is 16.6. The third-order valence-electron chi connectivity index (χ3n) is 10.9. The van der Waals surface area contributed by atoms with E-state index in [0.717, 1.165) is 55.3 Å². The van der Waals surface area contributed by atoms with E-state index in [0.29, 0.717) is 5.41 Å². The maximum atomic E-state index is 12.2. The lowest BCUT2D eigenvalue weighted by atomic mass is 9.47. The Kier molecular flexibility index (Phi) is 8.40. The Morgan fingerprint density at radius 1 is 1.09 bits per heavy atom. The van der Waals surface area contributed by atoms with Crippen molar-refractivity contribution in [1.29, 1.82) is 0 Å². The van der Waals surface area contributed by atoms with Crippen LogP contribution >= 0.6 is 0 Å². The van der Waals surface area contributed by atoms with Gasteiger partial charge in [-0.05, 0) is 91.8 Å². The molecule has 35 heavy (non-hydrogen) atoms. The van der Waals surface area contributed by atoms with E-state index in [9.17, 15) is 15.0 Å². The number of esters is 1. The average molecular weight is 491 g/mol. The Hall–Kier alpha value is -0.910. The first-order valence-electron chi connectivity index (χ1n) is 14.5. The van der Waals surface area contributed by atoms with E-state index >= 15 is 0 Å². The van der Waals surface area contributed by atoms with Crippen molar-refractivity contribution in [3.63, 3.8) is 0 Å². The predicted octanol–water partition coefficient (Wildman–Crippen LogP) is 5.41. The van der Waals surface area contributed by atoms with E-state index in [4.69, 9.17) is 9.84 Å². The average Bonchev–Trinajstić information content (AvgIpc) is 3.17. The summed E-state index contributed by atoms with van der Waals surface area (Å²) >= 11 is 0. The number of rotatable bonds is 9. The molecule has 3 saturated carbocycles. The molecule has 0 amide bonds. The fourth-order valence-electron chi connectivity index (χ4n) is 8.75. The molecule has 0 aromatic carbocycles. The summed E-state index contributed by atoms with van der Waals surface area (Å²) in [7, 11) is 0. The molecule has 0 heterocycles. The van der Waals surface area contributed by atoms with Crippen LogP contribution in [0.25, 0.3) is 0 Å². The van der Waals surface area contributed by atoms with E-state index in [1.807, 2.05) is 0 Å². The molecule has 4 rings (SSSR count). The van der Waals surface area contributed by atoms with Crippen molar-refractivity contribution in [3.8, 4) is 0 Å². The van der Waals surface area contributed by atoms with Gasteiger partial charge in [0.15, 0.2) is 6.10 Å². The second kappa shape index (κ2) is 10.8. The molecule has 0 radical (unpaired) electrons. The maximum Gasteiger partial charge on any atom is 0.338 e. The van der Waals surface area contributed by atoms with Gasteiger partial charge in [0, 0.05) is 6.42 Å². The van der Waals surface area contributed by atoms with E-state index in [1.54, 1.807) is 0 Å². The molecule has 9 unspecified atom stereocenters. The van der Waals surface area contributed by atoms with Crippen molar-refractivity contribution in [3.05, 3.63) is 11.6 Å². The Morgan fingerprint density at radius 2 is 1.86 bits per heavy atom. The van der Waals surface area contributed by atoms with E-state index in [-0.39, 0.29) is 11.5 Å². The first-order chi connectivity index (χ1) is 16.6. The summed E-state index contributed by atoms with van der Waals surface area (Å²) in [6.07, 6.45) is 13.8. The molecule has 4 aliphatic carbocycles. The summed E-state index contributed by atoms with van der Waals surface area (Å²) in [5.74, 6) is 3.24. The highest BCUT2D eigenvalue weighted by molar-refractivity contribution is 5.75. The smallest absolute Gasteiger partial charge is 0.338 e. The molecular formula is C30H50O5. The van der Waals surface area contributed by atoms with Gasteiger partial charge in [0.05, 0.1) is 6.61 Å². The zero-order chi connectivity index (χ0) is 25.4. The summed E-state index contributed by atoms with van der Waals surface area (Å²) in [5, 5.41) is 28.5. The Bertz CT molecular complexity index is 777. The lowest BCUT2D eigenvalue weighted by molar-refractivity contribution is -0.168. The summed E-state index contributed by atoms with van der Waals surface area (Å²) in [6, 6.07) is 0. The van der Waals surface area contributed by atoms with Gasteiger partial charge in [-0.25, -0.2) is 4.79 Å². The number of allylic oxidation sites excluding steroid dienone is 1. The van der Waals surface area contributed by atoms with Gasteiger partial charge in [0.25, 0.3) is 0 Å². The van der Waals surface area contributed by atoms with Crippen LogP contribution in [0.15, 0.2) is 11.6 Å². The minimum atomic E-state index is -1.69. The van der Waals surface area contributed by atoms with Gasteiger partial charge in [0.2, 0.25) is 0 Å². The standard InChI is InChI=1S/C30H50O5/c1-19(2)7-5-6-8-20-10-12-24-23-11-9-21-17-22(35-28(34)27(33)26(32)18-31)13-15-30(21,4)25(23)14-16-29(20,24)3/h9,19-20,22-27,31-33H,5-8,10-18H2,1-4H3. The first-order valence-corrected chi connectivity index (χ1v) is 14.5. The molecule has 0 saturated heterocycles. The zero-order valence-corrected chi connectivity index (χ0v) is 22.5. The molecule has 5 nitrogen and oxygen atoms in total. The zero-order valence-electron chi connectivity index (χ0n) is 22.5. The fraction of sp³-hybridized carbons (Fsp3) is 0.900. The Balaban J connectivity index is 1.39. The van der Waals surface area contributed by atoms with Crippen molar-refractivity contribution in [1.82, 2.24) is 0 Å². The number of carbonyl (C=O) groups excluding carboxylic acids is 1. The van der Waals surface area contributed by atoms with E-state index in [2.05, 4.69) is 33.8 Å². The summed E-state index contributed by atoms with van der Waals surface area (Å²) in [4.78, 5) is 12.2. The van der Waals surface area contributed by atoms with Gasteiger partial charge in [-0.2, -0.15) is 0 Å². The third-order valence-corrected chi connectivity index (χ3v) is 10.9. The predicted molar refractivity (Wildman–Crippen MR) is 137 cm³/mol. The SMILES string of the molecule is CC(C)CCCCC1CCC2C3CC=C4CC(OC(=O)C(O)C(O)CO)CCC4(C)C3CCC12C. The molecular weight excluding hydrogens is 440 g/mol. The molecule has 0 bridgehead atoms. The van der Waals surface area contributed by atoms with Crippen LogP contribution in [0.1, 0.15) is 105 Å². The molecule has 3 N–H and O–H groups in total. The van der Waals surface area contributed by atoms with Gasteiger partial charge in [0.1, 0.15) is 12.2 Å². The van der Waals surface area contributed by atoms with Crippen molar-refractivity contribution in [2.75, 3.05) is 6.61 Å². The quantitative estimate of drug-likeness (QED) is 0.229. The Morgan fingerprint density at radius 3 is 2.57 bits per heavy atom. The molecule has 5 heteroatoms. The highest BCUT2D eigenvalue weighted by Gasteiger charge is 2.58. The third kappa shape index (κ3) is 5.25. The summed E-state index contributed by atoms with van der Waals surface area (Å²) < 4.78 is 5.57. The van der Waals surface area contributed by atoms with Crippen molar-refractivity contribution in [2.45, 2.75) is 123 Å². The number of unbranched alkanes of at least 4 members (excludes halogenated alkanes) is 1. The first kappa shape index (κ1) is 27.1. The van der Waals surface area contributed by atoms with Gasteiger partial charge in [-0.3, -0.25) is 0 Å². The molecule has 0 aromatic rings. The molecule has 0 aromatic heterocycles. The molecule has 4 aliphatic rings. The number of aliphatic hydroxyl groups excluding tert-OH is 3. The van der Waals surface area contributed by atoms with Crippen LogP contribution in [-0.2, 0) is 9.53 Å². The number of ether oxygens (including phenoxy) is 1. The van der Waals surface area contributed by atoms with Crippen LogP contribution in [-0.4, -0.2) is 46.2 Å². The van der Waals surface area contributed by atoms with Crippen LogP contribution in [0.5, 0.6) is 0 Å². The molecule has 0 spiro atoms. The lowest BCUT2D eigenvalue weighted by Crippen LogP contribution is -2.50. The second-order valence-corrected chi connectivity index (χ2v) is 13.3. The second-order valence-electron chi connectivity index (χ2n) is 13.3. The lowest BCUT2D eigenvalue weighted by Gasteiger charge is -2.58. The van der Waals surface area contributed by atoms with Crippen LogP contribution < -0.4 is 0 Å². The van der Waals surface area contributed by atoms with Crippen LogP contribution in [0.3, 0.4) is 0 Å². The molecule has 0 aliphatic heterocycles. The number of carbonyl (C=O) groups is 1. The van der Waals surface area contributed by atoms with Gasteiger partial charge in [-0.1, -0.05) is 58.6 Å². The summed E-state index contributed by atoms with van der Waals surface area (Å²) in [6.45, 7) is 9.09. The van der Waals surface area contributed by atoms with E-state index in [1.165, 1.54) is 56.9 Å². The summed E-state index contributed by atoms with van der Waals surface area (Å²) in [5.41, 5.74) is 2.13. The maximum absolute atomic E-state index is 12.2. The monoisotopic (exact) mass is 490 g/mol. The van der Waals surface area contributed by atoms with Crippen molar-refractivity contribution >= 4 is 5.97 Å². The molecule has 9 atom stereocenters. The molecule has 3 fully saturated rings. The number of hydrogen-bond donors (Lipinski definition) is 3. The van der Waals surface area contributed by atoms with Crippen LogP contribution in [0.2, 0.25) is 0 Å². The topological polar surface area (TPSA) is 87.0 Å². The van der Waals surface area contributed by atoms with E-state index < -0.39 is 24.8 Å². The van der Waals surface area contributed by atoms with Crippen molar-refractivity contribution < 1.29 is 24.9 Å².